The second-order valence-corrected chi connectivity index (χ2v) is 8.18. The predicted molar refractivity (Wildman–Crippen MR) is 108 cm³/mol. The number of rotatable bonds is 6. The van der Waals surface area contributed by atoms with Gasteiger partial charge in [0.1, 0.15) is 5.76 Å². The first-order valence-corrected chi connectivity index (χ1v) is 10.2. The van der Waals surface area contributed by atoms with Gasteiger partial charge in [0.15, 0.2) is 5.09 Å². The van der Waals surface area contributed by atoms with E-state index in [0.29, 0.717) is 6.54 Å². The highest BCUT2D eigenvalue weighted by Gasteiger charge is 2.19. The van der Waals surface area contributed by atoms with Crippen LogP contribution < -0.4 is 5.32 Å². The summed E-state index contributed by atoms with van der Waals surface area (Å²) in [6.45, 7) is 7.47. The van der Waals surface area contributed by atoms with E-state index in [1.165, 1.54) is 23.1 Å². The van der Waals surface area contributed by atoms with Crippen LogP contribution in [-0.2, 0) is 31.0 Å². The predicted octanol–water partition coefficient (Wildman–Crippen LogP) is 3.59. The summed E-state index contributed by atoms with van der Waals surface area (Å²) in [5.41, 5.74) is 3.34. The minimum atomic E-state index is -0.0373. The van der Waals surface area contributed by atoms with Crippen molar-refractivity contribution in [1.29, 1.82) is 0 Å². The van der Waals surface area contributed by atoms with Gasteiger partial charge in [0.05, 0.1) is 31.0 Å². The highest BCUT2D eigenvalue weighted by atomic mass is 32.2. The Balaban J connectivity index is 1.35. The molecule has 6 nitrogen and oxygen atoms in total. The molecule has 0 radical (unpaired) electrons. The SMILES string of the molecule is CC(=O)NCc1cc2n(n1)CCN(Cc1ccc(Sc3ccc(C)cc3)o1)C2. The number of carbonyl (C=O) groups excluding carboxylic acids is 1. The van der Waals surface area contributed by atoms with Crippen molar-refractivity contribution in [3.63, 3.8) is 0 Å². The van der Waals surface area contributed by atoms with Crippen molar-refractivity contribution in [2.75, 3.05) is 6.54 Å². The third kappa shape index (κ3) is 4.66. The van der Waals surface area contributed by atoms with E-state index in [9.17, 15) is 4.79 Å². The van der Waals surface area contributed by atoms with E-state index in [0.717, 1.165) is 42.7 Å². The van der Waals surface area contributed by atoms with Crippen LogP contribution in [0.1, 0.15) is 29.6 Å². The van der Waals surface area contributed by atoms with Crippen LogP contribution in [-0.4, -0.2) is 27.1 Å². The van der Waals surface area contributed by atoms with E-state index in [-0.39, 0.29) is 5.91 Å². The van der Waals surface area contributed by atoms with Crippen LogP contribution in [0.5, 0.6) is 0 Å². The first-order chi connectivity index (χ1) is 13.5. The molecule has 0 saturated heterocycles. The molecule has 0 saturated carbocycles. The smallest absolute Gasteiger partial charge is 0.217 e. The van der Waals surface area contributed by atoms with Gasteiger partial charge in [-0.25, -0.2) is 0 Å². The summed E-state index contributed by atoms with van der Waals surface area (Å²) in [7, 11) is 0. The molecule has 1 aliphatic rings. The molecule has 1 amide bonds. The zero-order valence-corrected chi connectivity index (χ0v) is 17.0. The van der Waals surface area contributed by atoms with E-state index in [1.807, 2.05) is 10.7 Å². The Hall–Kier alpha value is -2.51. The molecular weight excluding hydrogens is 372 g/mol. The van der Waals surface area contributed by atoms with Crippen LogP contribution in [0.25, 0.3) is 0 Å². The molecule has 0 aliphatic carbocycles. The fourth-order valence-corrected chi connectivity index (χ4v) is 4.05. The highest BCUT2D eigenvalue weighted by molar-refractivity contribution is 7.99. The van der Waals surface area contributed by atoms with Gasteiger partial charge >= 0.3 is 0 Å². The summed E-state index contributed by atoms with van der Waals surface area (Å²) >= 11 is 1.65. The number of aryl methyl sites for hydroxylation is 1. The molecule has 1 aliphatic heterocycles. The van der Waals surface area contributed by atoms with Crippen molar-refractivity contribution in [2.45, 2.75) is 50.0 Å². The lowest BCUT2D eigenvalue weighted by Gasteiger charge is -2.26. The third-order valence-electron chi connectivity index (χ3n) is 4.70. The van der Waals surface area contributed by atoms with Crippen molar-refractivity contribution >= 4 is 17.7 Å². The highest BCUT2D eigenvalue weighted by Crippen LogP contribution is 2.30. The number of carbonyl (C=O) groups is 1. The maximum absolute atomic E-state index is 11.1. The fourth-order valence-electron chi connectivity index (χ4n) is 3.26. The van der Waals surface area contributed by atoms with Gasteiger partial charge in [-0.2, -0.15) is 5.10 Å². The Bertz CT molecular complexity index is 961. The molecule has 3 heterocycles. The van der Waals surface area contributed by atoms with Gasteiger partial charge < -0.3 is 9.73 Å². The molecule has 0 unspecified atom stereocenters. The molecule has 4 rings (SSSR count). The number of benzene rings is 1. The Kier molecular flexibility index (Phi) is 5.54. The third-order valence-corrected chi connectivity index (χ3v) is 5.63. The number of amides is 1. The van der Waals surface area contributed by atoms with E-state index < -0.39 is 0 Å². The van der Waals surface area contributed by atoms with Gasteiger partial charge in [-0.15, -0.1) is 0 Å². The van der Waals surface area contributed by atoms with Crippen molar-refractivity contribution in [3.8, 4) is 0 Å². The standard InChI is InChI=1S/C21H24N4O2S/c1-15-3-6-20(7-4-15)28-21-8-5-19(27-21)14-24-9-10-25-18(13-24)11-17(23-25)12-22-16(2)26/h3-8,11H,9-10,12-14H2,1-2H3,(H,22,26). The maximum atomic E-state index is 11.1. The number of nitrogens with zero attached hydrogens (tertiary/aromatic N) is 3. The van der Waals surface area contributed by atoms with Crippen LogP contribution in [0.2, 0.25) is 0 Å². The minimum absolute atomic E-state index is 0.0373. The van der Waals surface area contributed by atoms with E-state index in [4.69, 9.17) is 4.42 Å². The second-order valence-electron chi connectivity index (χ2n) is 7.11. The number of furan rings is 1. The van der Waals surface area contributed by atoms with E-state index in [2.05, 4.69) is 58.6 Å². The fraction of sp³-hybridized carbons (Fsp3) is 0.333. The lowest BCUT2D eigenvalue weighted by molar-refractivity contribution is -0.119. The first kappa shape index (κ1) is 18.8. The van der Waals surface area contributed by atoms with Gasteiger partial charge in [-0.05, 0) is 37.3 Å². The van der Waals surface area contributed by atoms with Crippen molar-refractivity contribution in [1.82, 2.24) is 20.0 Å². The molecule has 146 valence electrons. The quantitative estimate of drug-likeness (QED) is 0.690. The van der Waals surface area contributed by atoms with Gasteiger partial charge in [0.2, 0.25) is 5.91 Å². The molecule has 7 heteroatoms. The molecule has 0 atom stereocenters. The topological polar surface area (TPSA) is 63.3 Å². The van der Waals surface area contributed by atoms with Crippen molar-refractivity contribution in [2.24, 2.45) is 0 Å². The Morgan fingerprint density at radius 1 is 1.21 bits per heavy atom. The lowest BCUT2D eigenvalue weighted by Crippen LogP contribution is -2.33. The van der Waals surface area contributed by atoms with E-state index in [1.54, 1.807) is 11.8 Å². The molecule has 3 aromatic rings. The van der Waals surface area contributed by atoms with Crippen molar-refractivity contribution in [3.05, 3.63) is 65.2 Å². The summed E-state index contributed by atoms with van der Waals surface area (Å²) in [4.78, 5) is 14.6. The number of hydrogen-bond donors (Lipinski definition) is 1. The average molecular weight is 397 g/mol. The van der Waals surface area contributed by atoms with Crippen LogP contribution in [0.15, 0.2) is 56.9 Å². The number of nitrogens with one attached hydrogen (secondary N) is 1. The molecule has 0 bridgehead atoms. The molecule has 1 N–H and O–H groups in total. The van der Waals surface area contributed by atoms with Gasteiger partial charge in [0.25, 0.3) is 0 Å². The molecule has 2 aromatic heterocycles. The van der Waals surface area contributed by atoms with Crippen molar-refractivity contribution < 1.29 is 9.21 Å². The largest absolute Gasteiger partial charge is 0.453 e. The summed E-state index contributed by atoms with van der Waals surface area (Å²) in [6.07, 6.45) is 0. The van der Waals surface area contributed by atoms with E-state index >= 15 is 0 Å². The lowest BCUT2D eigenvalue weighted by atomic mass is 10.2. The van der Waals surface area contributed by atoms with Crippen LogP contribution in [0.3, 0.4) is 0 Å². The number of fused-ring (bicyclic) bond motifs is 1. The van der Waals surface area contributed by atoms with Crippen LogP contribution in [0, 0.1) is 6.92 Å². The normalized spacial score (nSPS) is 14.1. The van der Waals surface area contributed by atoms with Crippen LogP contribution >= 0.6 is 11.8 Å². The average Bonchev–Trinajstić information content (AvgIpc) is 3.28. The Morgan fingerprint density at radius 3 is 2.82 bits per heavy atom. The zero-order valence-electron chi connectivity index (χ0n) is 16.1. The summed E-state index contributed by atoms with van der Waals surface area (Å²) in [5, 5.41) is 8.29. The summed E-state index contributed by atoms with van der Waals surface area (Å²) in [6, 6.07) is 14.6. The molecule has 0 spiro atoms. The van der Waals surface area contributed by atoms with Gasteiger partial charge in [0, 0.05) is 24.9 Å². The molecule has 0 fully saturated rings. The molecule has 28 heavy (non-hydrogen) atoms. The summed E-state index contributed by atoms with van der Waals surface area (Å²) in [5.74, 6) is 0.936. The van der Waals surface area contributed by atoms with Gasteiger partial charge in [-0.1, -0.05) is 29.5 Å². The Morgan fingerprint density at radius 2 is 2.04 bits per heavy atom. The minimum Gasteiger partial charge on any atom is -0.453 e. The number of hydrogen-bond acceptors (Lipinski definition) is 5. The zero-order chi connectivity index (χ0) is 19.5. The monoisotopic (exact) mass is 396 g/mol. The summed E-state index contributed by atoms with van der Waals surface area (Å²) < 4.78 is 8.07. The second kappa shape index (κ2) is 8.24. The molecule has 1 aromatic carbocycles. The maximum Gasteiger partial charge on any atom is 0.217 e. The first-order valence-electron chi connectivity index (χ1n) is 9.41. The molecular formula is C21H24N4O2S. The Labute approximate surface area is 168 Å². The number of aromatic nitrogens is 2. The van der Waals surface area contributed by atoms with Gasteiger partial charge in [-0.3, -0.25) is 14.4 Å². The van der Waals surface area contributed by atoms with Crippen LogP contribution in [0.4, 0.5) is 0 Å².